The van der Waals surface area contributed by atoms with Crippen molar-refractivity contribution in [1.82, 2.24) is 20.2 Å². The molecule has 186 valence electrons. The van der Waals surface area contributed by atoms with Crippen LogP contribution in [0.15, 0.2) is 38.8 Å². The molecular formula is C19H21N7O5S4. The third-order valence-electron chi connectivity index (χ3n) is 5.24. The number of hydrogen-bond acceptors (Lipinski definition) is 13. The molecule has 3 atom stereocenters. The Labute approximate surface area is 216 Å². The Hall–Kier alpha value is -2.53. The third-order valence-corrected chi connectivity index (χ3v) is 10.2. The predicted molar refractivity (Wildman–Crippen MR) is 135 cm³/mol. The lowest BCUT2D eigenvalue weighted by atomic mass is 10.0. The van der Waals surface area contributed by atoms with Crippen molar-refractivity contribution in [3.63, 3.8) is 0 Å². The van der Waals surface area contributed by atoms with Crippen LogP contribution in [-0.4, -0.2) is 89.4 Å². The molecule has 0 bridgehead atoms. The predicted octanol–water partition coefficient (Wildman–Crippen LogP) is 0.365. The fourth-order valence-corrected chi connectivity index (χ4v) is 7.90. The highest BCUT2D eigenvalue weighted by atomic mass is 32.2. The van der Waals surface area contributed by atoms with E-state index in [1.54, 1.807) is 18.5 Å². The van der Waals surface area contributed by atoms with E-state index in [0.29, 0.717) is 12.3 Å². The second-order valence-electron chi connectivity index (χ2n) is 7.50. The second kappa shape index (κ2) is 10.6. The summed E-state index contributed by atoms with van der Waals surface area (Å²) in [5.41, 5.74) is 10.9. The van der Waals surface area contributed by atoms with Crippen LogP contribution in [0.4, 0.5) is 5.13 Å². The molecule has 4 heterocycles. The van der Waals surface area contributed by atoms with Gasteiger partial charge in [-0.15, -0.1) is 46.6 Å². The van der Waals surface area contributed by atoms with Gasteiger partial charge in [-0.2, -0.15) is 0 Å². The van der Waals surface area contributed by atoms with Crippen molar-refractivity contribution in [2.45, 2.75) is 26.0 Å². The zero-order chi connectivity index (χ0) is 25.2. The minimum atomic E-state index is -1.28. The SMILES string of the molecule is NCCSc1cnccc1SC1(C(=O)O)CS[C@@H]2[C@H](NC(=O)C(=NO)c3csc(N)n3)C(=O)N2C1. The number of carboxylic acids is 1. The molecule has 4 rings (SSSR count). The van der Waals surface area contributed by atoms with Crippen LogP contribution in [0.25, 0.3) is 0 Å². The van der Waals surface area contributed by atoms with Crippen molar-refractivity contribution in [3.8, 4) is 0 Å². The number of nitrogen functional groups attached to an aromatic ring is 1. The van der Waals surface area contributed by atoms with Crippen LogP contribution < -0.4 is 16.8 Å². The molecule has 2 fully saturated rings. The number of thiazole rings is 1. The zero-order valence-electron chi connectivity index (χ0n) is 18.0. The molecule has 2 aliphatic heterocycles. The number of rotatable bonds is 9. The van der Waals surface area contributed by atoms with E-state index in [1.165, 1.54) is 45.6 Å². The number of fused-ring (bicyclic) bond motifs is 1. The summed E-state index contributed by atoms with van der Waals surface area (Å²) in [4.78, 5) is 49.0. The Morgan fingerprint density at radius 2 is 2.20 bits per heavy atom. The lowest BCUT2D eigenvalue weighted by molar-refractivity contribution is -0.151. The summed E-state index contributed by atoms with van der Waals surface area (Å²) in [5, 5.41) is 26.2. The molecule has 7 N–H and O–H groups in total. The van der Waals surface area contributed by atoms with Crippen molar-refractivity contribution in [2.75, 3.05) is 30.3 Å². The van der Waals surface area contributed by atoms with Crippen LogP contribution in [0.2, 0.25) is 0 Å². The second-order valence-corrected chi connectivity index (χ2v) is 12.1. The highest BCUT2D eigenvalue weighted by Gasteiger charge is 2.58. The number of aliphatic carboxylic acids is 1. The fourth-order valence-electron chi connectivity index (χ4n) is 3.54. The molecule has 12 nitrogen and oxygen atoms in total. The first-order chi connectivity index (χ1) is 16.8. The Morgan fingerprint density at radius 3 is 2.86 bits per heavy atom. The number of carbonyl (C=O) groups excluding carboxylic acids is 2. The maximum absolute atomic E-state index is 12.9. The monoisotopic (exact) mass is 555 g/mol. The van der Waals surface area contributed by atoms with Gasteiger partial charge in [0.1, 0.15) is 21.9 Å². The largest absolute Gasteiger partial charge is 0.480 e. The maximum atomic E-state index is 12.9. The number of oxime groups is 1. The van der Waals surface area contributed by atoms with Crippen molar-refractivity contribution >= 4 is 75.2 Å². The summed E-state index contributed by atoms with van der Waals surface area (Å²) in [6.07, 6.45) is 3.27. The molecule has 2 amide bonds. The Bertz CT molecular complexity index is 1180. The molecule has 2 saturated heterocycles. The average molecular weight is 556 g/mol. The highest BCUT2D eigenvalue weighted by Crippen LogP contribution is 2.47. The van der Waals surface area contributed by atoms with E-state index in [0.717, 1.165) is 21.1 Å². The van der Waals surface area contributed by atoms with Gasteiger partial charge in [-0.1, -0.05) is 5.16 Å². The van der Waals surface area contributed by atoms with E-state index in [-0.39, 0.29) is 28.8 Å². The molecule has 1 unspecified atom stereocenters. The zero-order valence-corrected chi connectivity index (χ0v) is 21.3. The number of amides is 2. The van der Waals surface area contributed by atoms with Crippen molar-refractivity contribution in [2.24, 2.45) is 10.9 Å². The van der Waals surface area contributed by atoms with E-state index in [2.05, 4.69) is 20.4 Å². The van der Waals surface area contributed by atoms with Crippen molar-refractivity contribution in [1.29, 1.82) is 0 Å². The topological polar surface area (TPSA) is 197 Å². The molecule has 0 aliphatic carbocycles. The van der Waals surface area contributed by atoms with E-state index in [9.17, 15) is 24.7 Å². The van der Waals surface area contributed by atoms with Gasteiger partial charge in [0.05, 0.1) is 0 Å². The molecule has 2 aromatic rings. The van der Waals surface area contributed by atoms with E-state index < -0.39 is 33.9 Å². The van der Waals surface area contributed by atoms with Gasteiger partial charge in [-0.05, 0) is 6.07 Å². The summed E-state index contributed by atoms with van der Waals surface area (Å²) < 4.78 is -1.28. The molecule has 0 spiro atoms. The first-order valence-corrected chi connectivity index (χ1v) is 13.9. The van der Waals surface area contributed by atoms with E-state index >= 15 is 0 Å². The van der Waals surface area contributed by atoms with Gasteiger partial charge >= 0.3 is 5.97 Å². The molecule has 2 aliphatic rings. The highest BCUT2D eigenvalue weighted by molar-refractivity contribution is 8.05. The number of β-lactam (4-membered cyclic amide) rings is 1. The number of anilines is 1. The van der Waals surface area contributed by atoms with Crippen molar-refractivity contribution in [3.05, 3.63) is 29.5 Å². The van der Waals surface area contributed by atoms with Crippen molar-refractivity contribution < 1.29 is 24.7 Å². The van der Waals surface area contributed by atoms with Crippen LogP contribution in [-0.2, 0) is 14.4 Å². The number of carbonyl (C=O) groups is 3. The van der Waals surface area contributed by atoms with Gasteiger partial charge in [0.15, 0.2) is 10.8 Å². The van der Waals surface area contributed by atoms with Gasteiger partial charge in [0, 0.05) is 52.2 Å². The smallest absolute Gasteiger partial charge is 0.322 e. The minimum Gasteiger partial charge on any atom is -0.480 e. The summed E-state index contributed by atoms with van der Waals surface area (Å²) in [6, 6.07) is 0.876. The molecule has 0 saturated carbocycles. The molecule has 2 aromatic heterocycles. The fraction of sp³-hybridized carbons (Fsp3) is 0.368. The summed E-state index contributed by atoms with van der Waals surface area (Å²) >= 11 is 5.03. The number of nitrogens with one attached hydrogen (secondary N) is 1. The number of nitrogens with zero attached hydrogens (tertiary/aromatic N) is 4. The number of carboxylic acid groups (broad SMARTS) is 1. The number of nitrogens with two attached hydrogens (primary N) is 2. The quantitative estimate of drug-likeness (QED) is 0.0938. The van der Waals surface area contributed by atoms with Crippen LogP contribution in [0.5, 0.6) is 0 Å². The van der Waals surface area contributed by atoms with Gasteiger partial charge in [-0.25, -0.2) is 4.98 Å². The Balaban J connectivity index is 1.46. The molecule has 35 heavy (non-hydrogen) atoms. The van der Waals surface area contributed by atoms with E-state index in [1.807, 2.05) is 0 Å². The van der Waals surface area contributed by atoms with Gasteiger partial charge in [-0.3, -0.25) is 19.4 Å². The molecule has 0 aromatic carbocycles. The van der Waals surface area contributed by atoms with Crippen LogP contribution in [0, 0.1) is 0 Å². The lowest BCUT2D eigenvalue weighted by Crippen LogP contribution is -2.74. The number of pyridine rings is 1. The van der Waals surface area contributed by atoms with Crippen LogP contribution in [0.1, 0.15) is 5.69 Å². The van der Waals surface area contributed by atoms with Gasteiger partial charge in [0.25, 0.3) is 5.91 Å². The number of aromatic nitrogens is 2. The Morgan fingerprint density at radius 1 is 1.40 bits per heavy atom. The third kappa shape index (κ3) is 5.06. The summed E-state index contributed by atoms with van der Waals surface area (Å²) in [6.45, 7) is 0.446. The maximum Gasteiger partial charge on any atom is 0.322 e. The standard InChI is InChI=1S/C19H21N7O5S4/c20-2-4-32-11-5-22-3-1-10(11)35-19(17(29)30)7-26-15(28)13(16(26)34-8-19)24-14(27)12(25-31)9-6-33-18(21)23-9/h1,3,5-6,13,16,31H,2,4,7-8,20H2,(H2,21,23)(H,24,27)(H,29,30)/t13-,16-,19?/m1/s1. The minimum absolute atomic E-state index is 0.0250. The van der Waals surface area contributed by atoms with E-state index in [4.69, 9.17) is 11.5 Å². The number of thioether (sulfide) groups is 3. The summed E-state index contributed by atoms with van der Waals surface area (Å²) in [7, 11) is 0. The average Bonchev–Trinajstić information content (AvgIpc) is 3.28. The number of hydrogen-bond donors (Lipinski definition) is 5. The summed E-state index contributed by atoms with van der Waals surface area (Å²) in [5.74, 6) is -1.35. The first-order valence-electron chi connectivity index (χ1n) is 10.2. The first kappa shape index (κ1) is 25.6. The van der Waals surface area contributed by atoms with Crippen LogP contribution in [0.3, 0.4) is 0 Å². The van der Waals surface area contributed by atoms with Gasteiger partial charge in [0.2, 0.25) is 5.91 Å². The Kier molecular flexibility index (Phi) is 7.75. The lowest BCUT2D eigenvalue weighted by Gasteiger charge is -2.53. The molecule has 0 radical (unpaired) electrons. The van der Waals surface area contributed by atoms with Gasteiger partial charge < -0.3 is 32.0 Å². The van der Waals surface area contributed by atoms with Crippen LogP contribution >= 0.6 is 46.6 Å². The molecular weight excluding hydrogens is 535 g/mol. The normalized spacial score (nSPS) is 24.0. The molecule has 16 heteroatoms.